The number of aliphatic carboxylic acids is 2. The van der Waals surface area contributed by atoms with Gasteiger partial charge >= 0.3 is 65.1 Å². The zero-order valence-corrected chi connectivity index (χ0v) is 25.4. The van der Waals surface area contributed by atoms with Crippen LogP contribution in [0, 0.1) is 0 Å². The summed E-state index contributed by atoms with van der Waals surface area (Å²) in [6.07, 6.45) is -2.73. The zero-order chi connectivity index (χ0) is 26.1. The number of esters is 1. The van der Waals surface area contributed by atoms with Crippen LogP contribution in [0.15, 0.2) is 41.6 Å². The number of amides is 3. The van der Waals surface area contributed by atoms with Crippen LogP contribution in [0.25, 0.3) is 0 Å². The first-order valence-electron chi connectivity index (χ1n) is 10.6. The standard InChI is InChI=1S/C22H21N3O10S.2Na/c1-9(26)34-7-11-8-36-20-13(19(29)25(20)14(11)21(30)31)24-17(27)12(10-5-3-2-4-6-10)23-18(28)15-16(35-15)22(32)33;;/h2-6,12-13,15-16,20H,7-8H2,1H3,(H,23,28)(H,24,27)(H,30,31)(H,32,33);;/q;2*+1/p-2/t12?,13-,15?,16?,20-;;/m1../s1. The van der Waals surface area contributed by atoms with E-state index in [2.05, 4.69) is 10.6 Å². The summed E-state index contributed by atoms with van der Waals surface area (Å²) in [4.78, 5) is 73.1. The number of carboxylic acids is 2. The summed E-state index contributed by atoms with van der Waals surface area (Å²) < 4.78 is 9.63. The SMILES string of the molecule is CC(=O)OCC1=C(C(=O)[O-])N2C(=O)[C@@H](NC(=O)C(NC(=O)C3OC3C(=O)[O-])c3ccccc3)[C@H]2SC1.[Na+].[Na+]. The number of benzene rings is 1. The van der Waals surface area contributed by atoms with Crippen molar-refractivity contribution in [2.45, 2.75) is 36.6 Å². The second-order valence-electron chi connectivity index (χ2n) is 8.06. The Morgan fingerprint density at radius 3 is 2.34 bits per heavy atom. The van der Waals surface area contributed by atoms with Crippen LogP contribution >= 0.6 is 11.8 Å². The van der Waals surface area contributed by atoms with Gasteiger partial charge in [0, 0.05) is 18.2 Å². The minimum absolute atomic E-state index is 0. The third-order valence-electron chi connectivity index (χ3n) is 5.65. The predicted octanol–water partition coefficient (Wildman–Crippen LogP) is -9.66. The number of hydrogen-bond acceptors (Lipinski definition) is 11. The number of nitrogens with one attached hydrogen (secondary N) is 2. The van der Waals surface area contributed by atoms with E-state index in [0.29, 0.717) is 5.56 Å². The Morgan fingerprint density at radius 2 is 1.79 bits per heavy atom. The van der Waals surface area contributed by atoms with E-state index in [1.54, 1.807) is 30.3 Å². The van der Waals surface area contributed by atoms with Gasteiger partial charge in [-0.1, -0.05) is 30.3 Å². The van der Waals surface area contributed by atoms with Crippen molar-refractivity contribution in [3.05, 3.63) is 47.2 Å². The van der Waals surface area contributed by atoms with Crippen LogP contribution in [-0.4, -0.2) is 76.5 Å². The molecule has 3 amide bonds. The van der Waals surface area contributed by atoms with Crippen molar-refractivity contribution in [3.8, 4) is 0 Å². The quantitative estimate of drug-likeness (QED) is 0.125. The van der Waals surface area contributed by atoms with Crippen molar-refractivity contribution in [2.75, 3.05) is 12.4 Å². The predicted molar refractivity (Wildman–Crippen MR) is 115 cm³/mol. The molecule has 2 saturated heterocycles. The monoisotopic (exact) mass is 563 g/mol. The van der Waals surface area contributed by atoms with Crippen LogP contribution in [-0.2, 0) is 38.2 Å². The van der Waals surface area contributed by atoms with Gasteiger partial charge < -0.3 is 39.9 Å². The van der Waals surface area contributed by atoms with E-state index in [4.69, 9.17) is 9.47 Å². The molecule has 0 bridgehead atoms. The molecule has 2 fully saturated rings. The van der Waals surface area contributed by atoms with Crippen molar-refractivity contribution in [1.29, 1.82) is 0 Å². The van der Waals surface area contributed by atoms with Gasteiger partial charge in [-0.3, -0.25) is 24.1 Å². The number of nitrogens with zero attached hydrogens (tertiary/aromatic N) is 1. The Hall–Kier alpha value is -1.91. The summed E-state index contributed by atoms with van der Waals surface area (Å²) in [5.41, 5.74) is 0.126. The van der Waals surface area contributed by atoms with Gasteiger partial charge in [-0.15, -0.1) is 11.8 Å². The van der Waals surface area contributed by atoms with Gasteiger partial charge in [0.25, 0.3) is 11.8 Å². The average Bonchev–Trinajstić information content (AvgIpc) is 3.65. The summed E-state index contributed by atoms with van der Waals surface area (Å²) in [7, 11) is 0. The fraction of sp³-hybridized carbons (Fsp3) is 0.364. The number of carboxylic acid groups (broad SMARTS) is 2. The number of carbonyl (C=O) groups is 6. The third kappa shape index (κ3) is 6.80. The molecule has 38 heavy (non-hydrogen) atoms. The number of rotatable bonds is 9. The number of epoxide rings is 1. The van der Waals surface area contributed by atoms with Gasteiger partial charge in [-0.2, -0.15) is 0 Å². The second-order valence-corrected chi connectivity index (χ2v) is 9.17. The molecule has 13 nitrogen and oxygen atoms in total. The normalized spacial score (nSPS) is 23.8. The molecule has 1 aromatic rings. The molecule has 3 heterocycles. The maximum Gasteiger partial charge on any atom is 1.00 e. The fourth-order valence-corrected chi connectivity index (χ4v) is 5.20. The molecule has 5 atom stereocenters. The summed E-state index contributed by atoms with van der Waals surface area (Å²) in [5.74, 6) is -6.04. The minimum Gasteiger partial charge on any atom is -0.547 e. The Bertz CT molecular complexity index is 1180. The van der Waals surface area contributed by atoms with Gasteiger partial charge in [0.2, 0.25) is 5.91 Å². The molecule has 3 unspecified atom stereocenters. The van der Waals surface area contributed by atoms with Gasteiger partial charge in [0.05, 0.1) is 17.6 Å². The Kier molecular flexibility index (Phi) is 11.4. The van der Waals surface area contributed by atoms with Gasteiger partial charge in [0.1, 0.15) is 30.2 Å². The van der Waals surface area contributed by atoms with E-state index < -0.39 is 71.0 Å². The van der Waals surface area contributed by atoms with Gasteiger partial charge in [-0.05, 0) is 5.56 Å². The molecule has 0 aromatic heterocycles. The maximum atomic E-state index is 13.1. The van der Waals surface area contributed by atoms with Crippen molar-refractivity contribution in [1.82, 2.24) is 15.5 Å². The van der Waals surface area contributed by atoms with Crippen LogP contribution in [0.1, 0.15) is 18.5 Å². The molecule has 190 valence electrons. The molecule has 0 radical (unpaired) electrons. The summed E-state index contributed by atoms with van der Waals surface area (Å²) in [6, 6.07) is 5.62. The molecule has 4 rings (SSSR count). The molecule has 2 N–H and O–H groups in total. The molecule has 1 aromatic carbocycles. The number of ether oxygens (including phenoxy) is 2. The van der Waals surface area contributed by atoms with Crippen LogP contribution < -0.4 is 80.0 Å². The maximum absolute atomic E-state index is 13.1. The topological polar surface area (TPSA) is 198 Å². The van der Waals surface area contributed by atoms with Crippen molar-refractivity contribution in [2.24, 2.45) is 0 Å². The smallest absolute Gasteiger partial charge is 0.547 e. The van der Waals surface area contributed by atoms with E-state index in [-0.39, 0.29) is 77.0 Å². The first-order valence-corrected chi connectivity index (χ1v) is 11.7. The first-order chi connectivity index (χ1) is 17.1. The molecule has 0 spiro atoms. The summed E-state index contributed by atoms with van der Waals surface area (Å²) >= 11 is 1.16. The third-order valence-corrected chi connectivity index (χ3v) is 6.99. The summed E-state index contributed by atoms with van der Waals surface area (Å²) in [5, 5.41) is 26.8. The fourth-order valence-electron chi connectivity index (χ4n) is 3.87. The Morgan fingerprint density at radius 1 is 1.13 bits per heavy atom. The van der Waals surface area contributed by atoms with Crippen molar-refractivity contribution >= 4 is 47.4 Å². The minimum atomic E-state index is -1.62. The van der Waals surface area contributed by atoms with E-state index in [1.165, 1.54) is 0 Å². The van der Waals surface area contributed by atoms with Crippen molar-refractivity contribution in [3.63, 3.8) is 0 Å². The zero-order valence-electron chi connectivity index (χ0n) is 20.6. The molecular formula is C22H19N3Na2O10S. The van der Waals surface area contributed by atoms with Crippen LogP contribution in [0.2, 0.25) is 0 Å². The van der Waals surface area contributed by atoms with Crippen LogP contribution in [0.5, 0.6) is 0 Å². The van der Waals surface area contributed by atoms with Crippen LogP contribution in [0.4, 0.5) is 0 Å². The van der Waals surface area contributed by atoms with Crippen molar-refractivity contribution < 1.29 is 108 Å². The molecule has 0 aliphatic carbocycles. The number of β-lactam (4-membered cyclic amide) rings is 1. The molecule has 16 heteroatoms. The largest absolute Gasteiger partial charge is 1.00 e. The molecule has 0 saturated carbocycles. The number of carbonyl (C=O) groups excluding carboxylic acids is 6. The van der Waals surface area contributed by atoms with E-state index >= 15 is 0 Å². The molecule has 3 aliphatic heterocycles. The second kappa shape index (κ2) is 13.4. The Labute approximate surface area is 264 Å². The Balaban J connectivity index is 0.00000253. The van der Waals surface area contributed by atoms with E-state index in [1.807, 2.05) is 0 Å². The first kappa shape index (κ1) is 32.3. The van der Waals surface area contributed by atoms with Gasteiger partial charge in [-0.25, -0.2) is 0 Å². The number of fused-ring (bicyclic) bond motifs is 1. The van der Waals surface area contributed by atoms with E-state index in [0.717, 1.165) is 23.6 Å². The van der Waals surface area contributed by atoms with Gasteiger partial charge in [0.15, 0.2) is 6.10 Å². The van der Waals surface area contributed by atoms with E-state index in [9.17, 15) is 39.0 Å². The average molecular weight is 563 g/mol. The molecule has 3 aliphatic rings. The number of thioether (sulfide) groups is 1. The molecular weight excluding hydrogens is 544 g/mol. The number of hydrogen-bond donors (Lipinski definition) is 2. The van der Waals surface area contributed by atoms with Crippen LogP contribution in [0.3, 0.4) is 0 Å². The summed E-state index contributed by atoms with van der Waals surface area (Å²) in [6.45, 7) is 0.839.